The molecule has 7 heteroatoms. The summed E-state index contributed by atoms with van der Waals surface area (Å²) in [5.74, 6) is 0.812. The quantitative estimate of drug-likeness (QED) is 0.904. The van der Waals surface area contributed by atoms with Gasteiger partial charge in [0.15, 0.2) is 9.84 Å². The van der Waals surface area contributed by atoms with E-state index < -0.39 is 9.84 Å². The van der Waals surface area contributed by atoms with Crippen molar-refractivity contribution in [3.63, 3.8) is 0 Å². The third kappa shape index (κ3) is 2.87. The van der Waals surface area contributed by atoms with Gasteiger partial charge < -0.3 is 5.32 Å². The lowest BCUT2D eigenvalue weighted by atomic mass is 9.97. The predicted octanol–water partition coefficient (Wildman–Crippen LogP) is 1.16. The highest BCUT2D eigenvalue weighted by Crippen LogP contribution is 2.31. The Balaban J connectivity index is 2.12. The Bertz CT molecular complexity index is 507. The second kappa shape index (κ2) is 5.19. The van der Waals surface area contributed by atoms with Gasteiger partial charge in [-0.25, -0.2) is 8.42 Å². The molecule has 2 rings (SSSR count). The molecule has 1 saturated heterocycles. The summed E-state index contributed by atoms with van der Waals surface area (Å²) in [6.07, 6.45) is 3.14. The average Bonchev–Trinajstić information content (AvgIpc) is 2.80. The topological polar surface area (TPSA) is 64.0 Å². The van der Waals surface area contributed by atoms with Gasteiger partial charge >= 0.3 is 0 Å². The lowest BCUT2D eigenvalue weighted by Crippen LogP contribution is -2.23. The lowest BCUT2D eigenvalue weighted by molar-refractivity contribution is 0.418. The molecule has 1 fully saturated rings. The number of hydrogen-bond donors (Lipinski definition) is 1. The Morgan fingerprint density at radius 1 is 1.67 bits per heavy atom. The van der Waals surface area contributed by atoms with E-state index in [2.05, 4.69) is 10.4 Å². The number of aromatic nitrogens is 2. The van der Waals surface area contributed by atoms with Crippen LogP contribution in [0.1, 0.15) is 24.6 Å². The van der Waals surface area contributed by atoms with Crippen molar-refractivity contribution in [2.75, 3.05) is 18.6 Å². The third-order valence-electron chi connectivity index (χ3n) is 3.51. The standard InChI is InChI=1S/C11H18ClN3O2S/c1-13-10(11-9(12)6-14-15(11)2)5-8-3-4-18(16,17)7-8/h6,8,10,13H,3-5,7H2,1-2H3. The summed E-state index contributed by atoms with van der Waals surface area (Å²) in [5.41, 5.74) is 0.920. The van der Waals surface area contributed by atoms with Crippen molar-refractivity contribution >= 4 is 21.4 Å². The van der Waals surface area contributed by atoms with Crippen LogP contribution in [0.5, 0.6) is 0 Å². The van der Waals surface area contributed by atoms with E-state index in [0.717, 1.165) is 18.5 Å². The number of nitrogens with one attached hydrogen (secondary N) is 1. The maximum Gasteiger partial charge on any atom is 0.150 e. The molecule has 2 unspecified atom stereocenters. The first-order chi connectivity index (χ1) is 8.43. The van der Waals surface area contributed by atoms with Gasteiger partial charge in [0.05, 0.1) is 34.5 Å². The van der Waals surface area contributed by atoms with Gasteiger partial charge in [0.1, 0.15) is 0 Å². The van der Waals surface area contributed by atoms with Crippen LogP contribution in [0.25, 0.3) is 0 Å². The van der Waals surface area contributed by atoms with E-state index >= 15 is 0 Å². The summed E-state index contributed by atoms with van der Waals surface area (Å²) in [6.45, 7) is 0. The van der Waals surface area contributed by atoms with E-state index in [1.165, 1.54) is 0 Å². The summed E-state index contributed by atoms with van der Waals surface area (Å²) in [6, 6.07) is 0.0447. The number of aryl methyl sites for hydroxylation is 1. The van der Waals surface area contributed by atoms with E-state index in [4.69, 9.17) is 11.6 Å². The lowest BCUT2D eigenvalue weighted by Gasteiger charge is -2.20. The smallest absolute Gasteiger partial charge is 0.150 e. The van der Waals surface area contributed by atoms with Gasteiger partial charge in [-0.3, -0.25) is 4.68 Å². The molecular formula is C11H18ClN3O2S. The van der Waals surface area contributed by atoms with Crippen LogP contribution < -0.4 is 5.32 Å². The number of sulfone groups is 1. The monoisotopic (exact) mass is 291 g/mol. The summed E-state index contributed by atoms with van der Waals surface area (Å²) < 4.78 is 24.7. The van der Waals surface area contributed by atoms with Crippen LogP contribution in [0.4, 0.5) is 0 Å². The fraction of sp³-hybridized carbons (Fsp3) is 0.727. The zero-order chi connectivity index (χ0) is 13.3. The minimum absolute atomic E-state index is 0.0447. The first-order valence-corrected chi connectivity index (χ1v) is 8.18. The van der Waals surface area contributed by atoms with Crippen LogP contribution in [-0.4, -0.2) is 36.8 Å². The number of hydrogen-bond acceptors (Lipinski definition) is 4. The van der Waals surface area contributed by atoms with Crippen molar-refractivity contribution in [1.82, 2.24) is 15.1 Å². The Morgan fingerprint density at radius 3 is 2.83 bits per heavy atom. The fourth-order valence-corrected chi connectivity index (χ4v) is 4.75. The normalized spacial score (nSPS) is 24.3. The van der Waals surface area contributed by atoms with Crippen LogP contribution in [0.15, 0.2) is 6.20 Å². The summed E-state index contributed by atoms with van der Waals surface area (Å²) in [5, 5.41) is 7.94. The Labute approximate surface area is 112 Å². The third-order valence-corrected chi connectivity index (χ3v) is 5.64. The fourth-order valence-electron chi connectivity index (χ4n) is 2.57. The Kier molecular flexibility index (Phi) is 3.99. The minimum Gasteiger partial charge on any atom is -0.312 e. The zero-order valence-corrected chi connectivity index (χ0v) is 12.1. The molecule has 5 nitrogen and oxygen atoms in total. The minimum atomic E-state index is -2.82. The molecule has 0 spiro atoms. The summed E-state index contributed by atoms with van der Waals surface area (Å²) in [4.78, 5) is 0. The molecule has 1 aliphatic heterocycles. The van der Waals surface area contributed by atoms with Gasteiger partial charge in [-0.15, -0.1) is 0 Å². The molecule has 102 valence electrons. The summed E-state index contributed by atoms with van der Waals surface area (Å²) >= 11 is 6.12. The van der Waals surface area contributed by atoms with E-state index in [-0.39, 0.29) is 12.0 Å². The average molecular weight is 292 g/mol. The number of rotatable bonds is 4. The van der Waals surface area contributed by atoms with Crippen molar-refractivity contribution in [3.05, 3.63) is 16.9 Å². The Morgan fingerprint density at radius 2 is 2.39 bits per heavy atom. The molecule has 1 aromatic heterocycles. The van der Waals surface area contributed by atoms with Gasteiger partial charge in [0.2, 0.25) is 0 Å². The molecule has 1 N–H and O–H groups in total. The van der Waals surface area contributed by atoms with Gasteiger partial charge in [-0.1, -0.05) is 11.6 Å². The van der Waals surface area contributed by atoms with Gasteiger partial charge in [0.25, 0.3) is 0 Å². The van der Waals surface area contributed by atoms with Crippen molar-refractivity contribution in [2.24, 2.45) is 13.0 Å². The van der Waals surface area contributed by atoms with Crippen molar-refractivity contribution in [1.29, 1.82) is 0 Å². The van der Waals surface area contributed by atoms with E-state index in [9.17, 15) is 8.42 Å². The van der Waals surface area contributed by atoms with Crippen molar-refractivity contribution in [2.45, 2.75) is 18.9 Å². The molecule has 2 heterocycles. The van der Waals surface area contributed by atoms with Crippen LogP contribution >= 0.6 is 11.6 Å². The molecular weight excluding hydrogens is 274 g/mol. The Hall–Kier alpha value is -0.590. The molecule has 0 amide bonds. The molecule has 0 radical (unpaired) electrons. The van der Waals surface area contributed by atoms with Gasteiger partial charge in [-0.05, 0) is 25.8 Å². The predicted molar refractivity (Wildman–Crippen MR) is 71.4 cm³/mol. The number of halogens is 1. The molecule has 0 bridgehead atoms. The van der Waals surface area contributed by atoms with Gasteiger partial charge in [0, 0.05) is 7.05 Å². The molecule has 0 saturated carbocycles. The zero-order valence-electron chi connectivity index (χ0n) is 10.6. The highest BCUT2D eigenvalue weighted by Gasteiger charge is 2.31. The second-order valence-electron chi connectivity index (χ2n) is 4.85. The van der Waals surface area contributed by atoms with Crippen LogP contribution in [0.2, 0.25) is 5.02 Å². The second-order valence-corrected chi connectivity index (χ2v) is 7.48. The molecule has 1 aliphatic rings. The molecule has 0 aliphatic carbocycles. The summed E-state index contributed by atoms with van der Waals surface area (Å²) in [7, 11) is 0.881. The maximum atomic E-state index is 11.5. The van der Waals surface area contributed by atoms with Gasteiger partial charge in [-0.2, -0.15) is 5.10 Å². The maximum absolute atomic E-state index is 11.5. The van der Waals surface area contributed by atoms with Crippen LogP contribution in [0, 0.1) is 5.92 Å². The molecule has 0 aromatic carbocycles. The highest BCUT2D eigenvalue weighted by molar-refractivity contribution is 7.91. The molecule has 1 aromatic rings. The van der Waals surface area contributed by atoms with Crippen LogP contribution in [-0.2, 0) is 16.9 Å². The van der Waals surface area contributed by atoms with E-state index in [1.807, 2.05) is 14.1 Å². The van der Waals surface area contributed by atoms with E-state index in [1.54, 1.807) is 10.9 Å². The van der Waals surface area contributed by atoms with Crippen LogP contribution in [0.3, 0.4) is 0 Å². The number of nitrogens with zero attached hydrogens (tertiary/aromatic N) is 2. The van der Waals surface area contributed by atoms with Crippen molar-refractivity contribution in [3.8, 4) is 0 Å². The SMILES string of the molecule is CNC(CC1CCS(=O)(=O)C1)c1c(Cl)cnn1C. The molecule has 2 atom stereocenters. The first-order valence-electron chi connectivity index (χ1n) is 5.98. The van der Waals surface area contributed by atoms with Crippen molar-refractivity contribution < 1.29 is 8.42 Å². The van der Waals surface area contributed by atoms with E-state index in [0.29, 0.717) is 16.5 Å². The highest BCUT2D eigenvalue weighted by atomic mass is 35.5. The largest absolute Gasteiger partial charge is 0.312 e. The molecule has 18 heavy (non-hydrogen) atoms. The first kappa shape index (κ1) is 13.8.